The fourth-order valence-electron chi connectivity index (χ4n) is 4.27. The number of carbonyl (C=O) groups excluding carboxylic acids is 1. The third kappa shape index (κ3) is 6.50. The lowest BCUT2D eigenvalue weighted by atomic mass is 10.1. The molecule has 0 spiro atoms. The molecule has 0 aliphatic heterocycles. The van der Waals surface area contributed by atoms with E-state index < -0.39 is 5.25 Å². The molecule has 1 amide bonds. The van der Waals surface area contributed by atoms with Gasteiger partial charge in [0.1, 0.15) is 11.5 Å². The van der Waals surface area contributed by atoms with Crippen LogP contribution in [-0.2, 0) is 11.3 Å². The van der Waals surface area contributed by atoms with Crippen molar-refractivity contribution in [2.75, 3.05) is 19.5 Å². The van der Waals surface area contributed by atoms with Gasteiger partial charge in [-0.15, -0.1) is 10.2 Å². The predicted octanol–water partition coefficient (Wildman–Crippen LogP) is 5.68. The van der Waals surface area contributed by atoms with Gasteiger partial charge in [-0.1, -0.05) is 66.4 Å². The van der Waals surface area contributed by atoms with E-state index in [0.29, 0.717) is 28.8 Å². The Morgan fingerprint density at radius 1 is 0.976 bits per heavy atom. The van der Waals surface area contributed by atoms with Crippen LogP contribution in [0, 0.1) is 0 Å². The van der Waals surface area contributed by atoms with Crippen molar-refractivity contribution in [2.24, 2.45) is 5.10 Å². The van der Waals surface area contributed by atoms with Gasteiger partial charge >= 0.3 is 0 Å². The lowest BCUT2D eigenvalue weighted by Crippen LogP contribution is -2.27. The maximum absolute atomic E-state index is 12.9. The number of ether oxygens (including phenoxy) is 2. The second-order valence-corrected chi connectivity index (χ2v) is 10.4. The van der Waals surface area contributed by atoms with E-state index in [0.717, 1.165) is 28.0 Å². The molecule has 5 aromatic rings. The van der Waals surface area contributed by atoms with E-state index in [1.165, 1.54) is 18.0 Å². The summed E-state index contributed by atoms with van der Waals surface area (Å²) in [5.74, 6) is 1.72. The van der Waals surface area contributed by atoms with Crippen LogP contribution in [0.4, 0.5) is 5.69 Å². The Bertz CT molecular complexity index is 1670. The monoisotopic (exact) mass is 566 g/mol. The van der Waals surface area contributed by atoms with Crippen molar-refractivity contribution in [2.45, 2.75) is 23.9 Å². The van der Waals surface area contributed by atoms with Crippen LogP contribution in [0.1, 0.15) is 18.3 Å². The van der Waals surface area contributed by atoms with Gasteiger partial charge in [-0.3, -0.25) is 9.36 Å². The molecule has 0 saturated carbocycles. The minimum absolute atomic E-state index is 0.267. The Morgan fingerprint density at radius 2 is 1.76 bits per heavy atom. The first kappa shape index (κ1) is 27.7. The summed E-state index contributed by atoms with van der Waals surface area (Å²) in [4.78, 5) is 12.9. The zero-order valence-electron chi connectivity index (χ0n) is 22.9. The molecule has 0 aliphatic rings. The van der Waals surface area contributed by atoms with E-state index >= 15 is 0 Å². The molecule has 5 rings (SSSR count). The first-order chi connectivity index (χ1) is 20.1. The number of nitrogens with zero attached hydrogens (tertiary/aromatic N) is 4. The van der Waals surface area contributed by atoms with Crippen LogP contribution in [-0.4, -0.2) is 46.4 Å². The predicted molar refractivity (Wildman–Crippen MR) is 163 cm³/mol. The Morgan fingerprint density at radius 3 is 2.56 bits per heavy atom. The lowest BCUT2D eigenvalue weighted by Gasteiger charge is -2.14. The molecule has 4 aromatic carbocycles. The maximum Gasteiger partial charge on any atom is 0.253 e. The summed E-state index contributed by atoms with van der Waals surface area (Å²) < 4.78 is 12.6. The number of anilines is 1. The number of carbonyl (C=O) groups is 1. The molecule has 0 saturated heterocycles. The van der Waals surface area contributed by atoms with Crippen LogP contribution in [0.3, 0.4) is 0 Å². The number of para-hydroxylation sites is 1. The molecule has 0 bridgehead atoms. The zero-order chi connectivity index (χ0) is 28.6. The van der Waals surface area contributed by atoms with Gasteiger partial charge in [0.25, 0.3) is 5.91 Å². The summed E-state index contributed by atoms with van der Waals surface area (Å²) in [5, 5.41) is 19.0. The summed E-state index contributed by atoms with van der Waals surface area (Å²) in [7, 11) is 3.16. The Balaban J connectivity index is 1.31. The smallest absolute Gasteiger partial charge is 0.253 e. The van der Waals surface area contributed by atoms with Crippen molar-refractivity contribution in [1.82, 2.24) is 20.2 Å². The summed E-state index contributed by atoms with van der Waals surface area (Å²) in [6.07, 6.45) is 1.54. The summed E-state index contributed by atoms with van der Waals surface area (Å²) in [6, 6.07) is 29.6. The molecule has 208 valence electrons. The second-order valence-electron chi connectivity index (χ2n) is 9.05. The molecule has 0 fully saturated rings. The van der Waals surface area contributed by atoms with E-state index in [2.05, 4.69) is 50.3 Å². The molecular weight excluding hydrogens is 536 g/mol. The van der Waals surface area contributed by atoms with E-state index in [1.54, 1.807) is 26.4 Å². The molecule has 1 atom stereocenters. The average molecular weight is 567 g/mol. The Kier molecular flexibility index (Phi) is 8.80. The molecular formula is C31H30N6O3S. The van der Waals surface area contributed by atoms with E-state index in [-0.39, 0.29) is 5.91 Å². The highest BCUT2D eigenvalue weighted by atomic mass is 32.2. The number of nitrogens with one attached hydrogen (secondary N) is 2. The van der Waals surface area contributed by atoms with Crippen LogP contribution in [0.2, 0.25) is 0 Å². The number of benzene rings is 4. The van der Waals surface area contributed by atoms with Crippen LogP contribution in [0.15, 0.2) is 101 Å². The number of rotatable bonds is 11. The number of hydrogen-bond donors (Lipinski definition) is 2. The quantitative estimate of drug-likeness (QED) is 0.120. The number of thioether (sulfide) groups is 1. The summed E-state index contributed by atoms with van der Waals surface area (Å²) >= 11 is 1.31. The zero-order valence-corrected chi connectivity index (χ0v) is 23.8. The first-order valence-corrected chi connectivity index (χ1v) is 13.9. The SMILES string of the molecule is COc1ccc(C=NNC(=O)[C@H](C)Sc2nnc(CNc3cccc4ccccc34)n2-c2ccccc2)c(OC)c1. The molecule has 0 aliphatic carbocycles. The Hall–Kier alpha value is -4.83. The topological polar surface area (TPSA) is 103 Å². The van der Waals surface area contributed by atoms with Gasteiger partial charge < -0.3 is 14.8 Å². The number of amides is 1. The number of hydrogen-bond acceptors (Lipinski definition) is 8. The van der Waals surface area contributed by atoms with Crippen LogP contribution < -0.4 is 20.2 Å². The molecule has 10 heteroatoms. The third-order valence-corrected chi connectivity index (χ3v) is 7.45. The van der Waals surface area contributed by atoms with Crippen molar-refractivity contribution in [3.8, 4) is 17.2 Å². The van der Waals surface area contributed by atoms with E-state index in [1.807, 2.05) is 66.1 Å². The van der Waals surface area contributed by atoms with Gasteiger partial charge in [0.2, 0.25) is 0 Å². The number of fused-ring (bicyclic) bond motifs is 1. The number of methoxy groups -OCH3 is 2. The van der Waals surface area contributed by atoms with Crippen LogP contribution in [0.25, 0.3) is 16.5 Å². The Labute approximate surface area is 242 Å². The van der Waals surface area contributed by atoms with Crippen molar-refractivity contribution in [1.29, 1.82) is 0 Å². The maximum atomic E-state index is 12.9. The minimum atomic E-state index is -0.490. The van der Waals surface area contributed by atoms with Crippen molar-refractivity contribution < 1.29 is 14.3 Å². The highest BCUT2D eigenvalue weighted by molar-refractivity contribution is 8.00. The standard InChI is InChI=1S/C31H30N6O3S/c1-21(30(38)35-33-19-23-16-17-25(39-2)18-28(23)40-3)41-31-36-34-29(37(31)24-12-5-4-6-13-24)20-32-27-15-9-11-22-10-7-8-14-26(22)27/h4-19,21,32H,20H2,1-3H3,(H,35,38)/t21-/m0/s1. The summed E-state index contributed by atoms with van der Waals surface area (Å²) in [6.45, 7) is 2.26. The van der Waals surface area contributed by atoms with Gasteiger partial charge in [0, 0.05) is 28.4 Å². The highest BCUT2D eigenvalue weighted by Gasteiger charge is 2.21. The van der Waals surface area contributed by atoms with Crippen LogP contribution >= 0.6 is 11.8 Å². The van der Waals surface area contributed by atoms with Crippen LogP contribution in [0.5, 0.6) is 11.5 Å². The number of hydrazone groups is 1. The van der Waals surface area contributed by atoms with Gasteiger partial charge in [0.05, 0.1) is 32.2 Å². The normalized spacial score (nSPS) is 11.9. The van der Waals surface area contributed by atoms with E-state index in [4.69, 9.17) is 9.47 Å². The van der Waals surface area contributed by atoms with Gasteiger partial charge in [0.15, 0.2) is 11.0 Å². The van der Waals surface area contributed by atoms with Crippen molar-refractivity contribution in [3.05, 3.63) is 102 Å². The fraction of sp³-hybridized carbons (Fsp3) is 0.161. The highest BCUT2D eigenvalue weighted by Crippen LogP contribution is 2.28. The van der Waals surface area contributed by atoms with Gasteiger partial charge in [-0.05, 0) is 42.6 Å². The molecule has 1 heterocycles. The van der Waals surface area contributed by atoms with Crippen molar-refractivity contribution in [3.63, 3.8) is 0 Å². The molecule has 9 nitrogen and oxygen atoms in total. The largest absolute Gasteiger partial charge is 0.497 e. The average Bonchev–Trinajstić information content (AvgIpc) is 3.42. The van der Waals surface area contributed by atoms with E-state index in [9.17, 15) is 4.79 Å². The molecule has 1 aromatic heterocycles. The van der Waals surface area contributed by atoms with Gasteiger partial charge in [-0.2, -0.15) is 5.10 Å². The van der Waals surface area contributed by atoms with Gasteiger partial charge in [-0.25, -0.2) is 5.43 Å². The van der Waals surface area contributed by atoms with Crippen molar-refractivity contribution >= 4 is 40.3 Å². The molecule has 41 heavy (non-hydrogen) atoms. The first-order valence-electron chi connectivity index (χ1n) is 13.0. The lowest BCUT2D eigenvalue weighted by molar-refractivity contribution is -0.120. The second kappa shape index (κ2) is 13.0. The fourth-order valence-corrected chi connectivity index (χ4v) is 5.15. The molecule has 0 radical (unpaired) electrons. The molecule has 0 unspecified atom stereocenters. The minimum Gasteiger partial charge on any atom is -0.497 e. The summed E-state index contributed by atoms with van der Waals surface area (Å²) in [5.41, 5.74) is 5.25. The number of aromatic nitrogens is 3. The molecule has 2 N–H and O–H groups in total. The third-order valence-electron chi connectivity index (χ3n) is 6.41.